The van der Waals surface area contributed by atoms with Crippen LogP contribution in [0.15, 0.2) is 17.0 Å². The van der Waals surface area contributed by atoms with Gasteiger partial charge in [0.05, 0.1) is 11.2 Å². The lowest BCUT2D eigenvalue weighted by atomic mass is 10.4. The molecule has 0 fully saturated rings. The van der Waals surface area contributed by atoms with Crippen LogP contribution < -0.4 is 5.73 Å². The number of carbonyl (C=O) groups excluding carboxylic acids is 1. The highest BCUT2D eigenvalue weighted by molar-refractivity contribution is 7.07. The number of nitrogens with zero attached hydrogens (tertiary/aromatic N) is 1. The minimum absolute atomic E-state index is 0.451. The van der Waals surface area contributed by atoms with Crippen molar-refractivity contribution in [3.63, 3.8) is 0 Å². The predicted octanol–water partition coefficient (Wildman–Crippen LogP) is 0.642. The Balaban J connectivity index is 2.64. The standard InChI is InChI=1S/C6H6N2OS/c7-6(9)2-1-5-3-10-4-8-5/h1-4H,(H2,7,9). The summed E-state index contributed by atoms with van der Waals surface area (Å²) in [5.41, 5.74) is 7.32. The Kier molecular flexibility index (Phi) is 2.17. The molecule has 1 heterocycles. The third kappa shape index (κ3) is 1.99. The van der Waals surface area contributed by atoms with Crippen LogP contribution in [0.5, 0.6) is 0 Å². The summed E-state index contributed by atoms with van der Waals surface area (Å²) in [6, 6.07) is 0. The monoisotopic (exact) mass is 154 g/mol. The number of thiazole rings is 1. The largest absolute Gasteiger partial charge is 0.366 e. The molecule has 0 spiro atoms. The Morgan fingerprint density at radius 1 is 1.80 bits per heavy atom. The second-order valence-corrected chi connectivity index (χ2v) is 2.37. The van der Waals surface area contributed by atoms with Crippen molar-refractivity contribution in [3.8, 4) is 0 Å². The normalized spacial score (nSPS) is 10.4. The molecule has 0 radical (unpaired) electrons. The van der Waals surface area contributed by atoms with Gasteiger partial charge in [-0.05, 0) is 6.08 Å². The fourth-order valence-corrected chi connectivity index (χ4v) is 0.994. The highest BCUT2D eigenvalue weighted by Crippen LogP contribution is 2.01. The molecule has 1 amide bonds. The van der Waals surface area contributed by atoms with E-state index in [0.29, 0.717) is 0 Å². The zero-order valence-electron chi connectivity index (χ0n) is 5.15. The van der Waals surface area contributed by atoms with Crippen molar-refractivity contribution in [2.24, 2.45) is 5.73 Å². The Morgan fingerprint density at radius 2 is 2.60 bits per heavy atom. The molecule has 0 aliphatic rings. The number of nitrogens with two attached hydrogens (primary N) is 1. The molecule has 4 heteroatoms. The van der Waals surface area contributed by atoms with E-state index < -0.39 is 5.91 Å². The summed E-state index contributed by atoms with van der Waals surface area (Å²) in [5.74, 6) is -0.451. The van der Waals surface area contributed by atoms with E-state index >= 15 is 0 Å². The molecule has 0 saturated heterocycles. The van der Waals surface area contributed by atoms with Gasteiger partial charge in [-0.25, -0.2) is 4.98 Å². The Bertz CT molecular complexity index is 240. The van der Waals surface area contributed by atoms with Crippen LogP contribution in [0.25, 0.3) is 6.08 Å². The summed E-state index contributed by atoms with van der Waals surface area (Å²) < 4.78 is 0. The molecule has 0 unspecified atom stereocenters. The fraction of sp³-hybridized carbons (Fsp3) is 0. The van der Waals surface area contributed by atoms with E-state index in [1.165, 1.54) is 17.4 Å². The summed E-state index contributed by atoms with van der Waals surface area (Å²) in [4.78, 5) is 14.1. The number of rotatable bonds is 2. The van der Waals surface area contributed by atoms with Gasteiger partial charge < -0.3 is 5.73 Å². The molecule has 1 rings (SSSR count). The third-order valence-corrected chi connectivity index (χ3v) is 1.47. The quantitative estimate of drug-likeness (QED) is 0.635. The molecule has 0 atom stereocenters. The van der Waals surface area contributed by atoms with Gasteiger partial charge in [0.2, 0.25) is 5.91 Å². The lowest BCUT2D eigenvalue weighted by Crippen LogP contribution is -2.05. The van der Waals surface area contributed by atoms with Crippen molar-refractivity contribution >= 4 is 23.3 Å². The minimum Gasteiger partial charge on any atom is -0.366 e. The number of hydrogen-bond donors (Lipinski definition) is 1. The number of carbonyl (C=O) groups is 1. The van der Waals surface area contributed by atoms with Crippen LogP contribution in [0.1, 0.15) is 5.69 Å². The van der Waals surface area contributed by atoms with Crippen LogP contribution in [0.4, 0.5) is 0 Å². The lowest BCUT2D eigenvalue weighted by molar-refractivity contribution is -0.113. The summed E-state index contributed by atoms with van der Waals surface area (Å²) in [7, 11) is 0. The zero-order valence-corrected chi connectivity index (χ0v) is 5.97. The van der Waals surface area contributed by atoms with Crippen LogP contribution in [-0.2, 0) is 4.79 Å². The number of aromatic nitrogens is 1. The van der Waals surface area contributed by atoms with Crippen molar-refractivity contribution in [2.75, 3.05) is 0 Å². The second kappa shape index (κ2) is 3.12. The van der Waals surface area contributed by atoms with Crippen molar-refractivity contribution in [1.29, 1.82) is 0 Å². The number of primary amides is 1. The topological polar surface area (TPSA) is 56.0 Å². The van der Waals surface area contributed by atoms with E-state index in [4.69, 9.17) is 5.73 Å². The van der Waals surface area contributed by atoms with Crippen molar-refractivity contribution in [3.05, 3.63) is 22.7 Å². The molecule has 10 heavy (non-hydrogen) atoms. The van der Waals surface area contributed by atoms with Crippen LogP contribution in [0, 0.1) is 0 Å². The van der Waals surface area contributed by atoms with E-state index in [1.54, 1.807) is 11.6 Å². The molecule has 1 aromatic rings. The van der Waals surface area contributed by atoms with Gasteiger partial charge in [-0.2, -0.15) is 0 Å². The molecule has 3 nitrogen and oxygen atoms in total. The van der Waals surface area contributed by atoms with E-state index in [-0.39, 0.29) is 0 Å². The maximum Gasteiger partial charge on any atom is 0.241 e. The van der Waals surface area contributed by atoms with Crippen LogP contribution in [0.2, 0.25) is 0 Å². The molecule has 0 aliphatic heterocycles. The van der Waals surface area contributed by atoms with E-state index in [1.807, 2.05) is 5.38 Å². The Morgan fingerprint density at radius 3 is 3.10 bits per heavy atom. The van der Waals surface area contributed by atoms with Gasteiger partial charge in [0.1, 0.15) is 0 Å². The average molecular weight is 154 g/mol. The molecular weight excluding hydrogens is 148 g/mol. The lowest BCUT2D eigenvalue weighted by Gasteiger charge is -1.78. The van der Waals surface area contributed by atoms with Gasteiger partial charge in [-0.3, -0.25) is 4.79 Å². The van der Waals surface area contributed by atoms with E-state index in [2.05, 4.69) is 4.98 Å². The Hall–Kier alpha value is -1.16. The van der Waals surface area contributed by atoms with Crippen molar-refractivity contribution in [2.45, 2.75) is 0 Å². The molecule has 0 aliphatic carbocycles. The highest BCUT2D eigenvalue weighted by atomic mass is 32.1. The van der Waals surface area contributed by atoms with Gasteiger partial charge in [-0.1, -0.05) is 0 Å². The van der Waals surface area contributed by atoms with Gasteiger partial charge >= 0.3 is 0 Å². The summed E-state index contributed by atoms with van der Waals surface area (Å²) >= 11 is 1.48. The molecule has 2 N–H and O–H groups in total. The first kappa shape index (κ1) is 6.95. The first-order valence-corrected chi connectivity index (χ1v) is 3.59. The third-order valence-electron chi connectivity index (χ3n) is 0.870. The first-order valence-electron chi connectivity index (χ1n) is 2.65. The summed E-state index contributed by atoms with van der Waals surface area (Å²) in [5, 5.41) is 1.83. The van der Waals surface area contributed by atoms with Crippen LogP contribution >= 0.6 is 11.3 Å². The zero-order chi connectivity index (χ0) is 7.40. The van der Waals surface area contributed by atoms with Crippen LogP contribution in [-0.4, -0.2) is 10.9 Å². The van der Waals surface area contributed by atoms with Crippen molar-refractivity contribution < 1.29 is 4.79 Å². The smallest absolute Gasteiger partial charge is 0.241 e. The summed E-state index contributed by atoms with van der Waals surface area (Å²) in [6.45, 7) is 0. The Labute approximate surface area is 62.2 Å². The second-order valence-electron chi connectivity index (χ2n) is 1.65. The van der Waals surface area contributed by atoms with Gasteiger partial charge in [0.25, 0.3) is 0 Å². The minimum atomic E-state index is -0.451. The van der Waals surface area contributed by atoms with Gasteiger partial charge in [0.15, 0.2) is 0 Å². The maximum absolute atomic E-state index is 10.2. The molecule has 0 aromatic carbocycles. The molecule has 0 bridgehead atoms. The van der Waals surface area contributed by atoms with Crippen molar-refractivity contribution in [1.82, 2.24) is 4.98 Å². The van der Waals surface area contributed by atoms with Gasteiger partial charge in [-0.15, -0.1) is 11.3 Å². The number of amides is 1. The molecule has 52 valence electrons. The highest BCUT2D eigenvalue weighted by Gasteiger charge is 1.87. The van der Waals surface area contributed by atoms with E-state index in [0.717, 1.165) is 5.69 Å². The SMILES string of the molecule is NC(=O)C=Cc1cscn1. The molecular formula is C6H6N2OS. The average Bonchev–Trinajstić information content (AvgIpc) is 2.34. The van der Waals surface area contributed by atoms with Crippen LogP contribution in [0.3, 0.4) is 0 Å². The summed E-state index contributed by atoms with van der Waals surface area (Å²) in [6.07, 6.45) is 2.87. The fourth-order valence-electron chi connectivity index (χ4n) is 0.472. The molecule has 0 saturated carbocycles. The maximum atomic E-state index is 10.2. The molecule has 1 aromatic heterocycles. The van der Waals surface area contributed by atoms with E-state index in [9.17, 15) is 4.79 Å². The van der Waals surface area contributed by atoms with Gasteiger partial charge in [0, 0.05) is 11.5 Å². The number of hydrogen-bond acceptors (Lipinski definition) is 3. The predicted molar refractivity (Wildman–Crippen MR) is 40.3 cm³/mol. The first-order chi connectivity index (χ1) is 4.79.